The van der Waals surface area contributed by atoms with Gasteiger partial charge in [0.1, 0.15) is 5.82 Å². The Labute approximate surface area is 140 Å². The number of ketones is 1. The molecule has 0 saturated heterocycles. The molecule has 1 aromatic carbocycles. The molecule has 1 atom stereocenters. The van der Waals surface area contributed by atoms with Crippen molar-refractivity contribution >= 4 is 28.9 Å². The Morgan fingerprint density at radius 1 is 1.35 bits per heavy atom. The maximum absolute atomic E-state index is 12.9. The zero-order valence-electron chi connectivity index (χ0n) is 12.2. The van der Waals surface area contributed by atoms with Crippen molar-refractivity contribution in [2.24, 2.45) is 0 Å². The van der Waals surface area contributed by atoms with Crippen molar-refractivity contribution in [3.8, 4) is 0 Å². The zero-order valence-corrected chi connectivity index (χ0v) is 13.9. The van der Waals surface area contributed by atoms with Crippen molar-refractivity contribution in [3.05, 3.63) is 58.0 Å². The summed E-state index contributed by atoms with van der Waals surface area (Å²) < 4.78 is 14.6. The molecule has 0 saturated carbocycles. The van der Waals surface area contributed by atoms with Crippen LogP contribution in [0.2, 0.25) is 0 Å². The standard InChI is InChI=1S/C15H13FN4OS2/c1-10(14(21)11-4-6-12(16)7-5-11)23-15-17-18-19-20(15)9-13-3-2-8-22-13/h2-8,10H,9H2,1H3/t10-/m1/s1. The van der Waals surface area contributed by atoms with E-state index in [4.69, 9.17) is 0 Å². The summed E-state index contributed by atoms with van der Waals surface area (Å²) in [5.41, 5.74) is 0.476. The average molecular weight is 348 g/mol. The summed E-state index contributed by atoms with van der Waals surface area (Å²) in [6.07, 6.45) is 0. The van der Waals surface area contributed by atoms with Gasteiger partial charge < -0.3 is 0 Å². The summed E-state index contributed by atoms with van der Waals surface area (Å²) in [5.74, 6) is -0.442. The van der Waals surface area contributed by atoms with E-state index in [1.165, 1.54) is 36.0 Å². The molecule has 5 nitrogen and oxygen atoms in total. The SMILES string of the molecule is C[C@@H](Sc1nnnn1Cc1cccs1)C(=O)c1ccc(F)cc1. The largest absolute Gasteiger partial charge is 0.293 e. The molecule has 0 aliphatic rings. The van der Waals surface area contributed by atoms with Crippen molar-refractivity contribution in [3.63, 3.8) is 0 Å². The predicted octanol–water partition coefficient (Wildman–Crippen LogP) is 3.29. The molecule has 0 aliphatic carbocycles. The molecule has 0 unspecified atom stereocenters. The van der Waals surface area contributed by atoms with E-state index in [2.05, 4.69) is 15.5 Å². The topological polar surface area (TPSA) is 60.7 Å². The van der Waals surface area contributed by atoms with Gasteiger partial charge in [-0.3, -0.25) is 4.79 Å². The van der Waals surface area contributed by atoms with Crippen LogP contribution < -0.4 is 0 Å². The second kappa shape index (κ2) is 7.01. The van der Waals surface area contributed by atoms with E-state index >= 15 is 0 Å². The third-order valence-electron chi connectivity index (χ3n) is 3.16. The van der Waals surface area contributed by atoms with Crippen LogP contribution >= 0.6 is 23.1 Å². The van der Waals surface area contributed by atoms with E-state index in [0.717, 1.165) is 4.88 Å². The minimum Gasteiger partial charge on any atom is -0.293 e. The van der Waals surface area contributed by atoms with E-state index < -0.39 is 0 Å². The summed E-state index contributed by atoms with van der Waals surface area (Å²) in [5, 5.41) is 13.8. The normalized spacial score (nSPS) is 12.3. The molecule has 2 heterocycles. The monoisotopic (exact) mass is 348 g/mol. The van der Waals surface area contributed by atoms with Crippen LogP contribution in [0.15, 0.2) is 46.9 Å². The third-order valence-corrected chi connectivity index (χ3v) is 5.10. The van der Waals surface area contributed by atoms with Crippen LogP contribution in [0.5, 0.6) is 0 Å². The third kappa shape index (κ3) is 3.83. The predicted molar refractivity (Wildman–Crippen MR) is 87.3 cm³/mol. The van der Waals surface area contributed by atoms with Crippen LogP contribution in [0.3, 0.4) is 0 Å². The lowest BCUT2D eigenvalue weighted by atomic mass is 10.1. The van der Waals surface area contributed by atoms with Crippen LogP contribution in [0.4, 0.5) is 4.39 Å². The van der Waals surface area contributed by atoms with Crippen molar-refractivity contribution < 1.29 is 9.18 Å². The molecule has 0 N–H and O–H groups in total. The number of hydrogen-bond acceptors (Lipinski definition) is 6. The minimum atomic E-state index is -0.367. The first kappa shape index (κ1) is 15.8. The van der Waals surface area contributed by atoms with E-state index in [-0.39, 0.29) is 16.9 Å². The van der Waals surface area contributed by atoms with Crippen molar-refractivity contribution in [1.82, 2.24) is 20.2 Å². The van der Waals surface area contributed by atoms with Gasteiger partial charge >= 0.3 is 0 Å². The Morgan fingerprint density at radius 3 is 2.83 bits per heavy atom. The fourth-order valence-electron chi connectivity index (χ4n) is 1.99. The fourth-order valence-corrected chi connectivity index (χ4v) is 3.54. The highest BCUT2D eigenvalue weighted by atomic mass is 32.2. The van der Waals surface area contributed by atoms with Crippen molar-refractivity contribution in [2.45, 2.75) is 23.9 Å². The first-order valence-electron chi connectivity index (χ1n) is 6.88. The summed E-state index contributed by atoms with van der Waals surface area (Å²) in [7, 11) is 0. The Morgan fingerprint density at radius 2 is 2.13 bits per heavy atom. The van der Waals surface area contributed by atoms with Crippen LogP contribution in [0.25, 0.3) is 0 Å². The molecule has 0 bridgehead atoms. The first-order valence-corrected chi connectivity index (χ1v) is 8.64. The van der Waals surface area contributed by atoms with Crippen LogP contribution in [-0.4, -0.2) is 31.2 Å². The van der Waals surface area contributed by atoms with Gasteiger partial charge in [-0.05, 0) is 53.1 Å². The minimum absolute atomic E-state index is 0.0827. The summed E-state index contributed by atoms with van der Waals surface area (Å²) in [6, 6.07) is 9.52. The smallest absolute Gasteiger partial charge is 0.210 e. The van der Waals surface area contributed by atoms with Gasteiger partial charge in [-0.2, -0.15) is 0 Å². The molecule has 0 amide bonds. The van der Waals surface area contributed by atoms with Crippen LogP contribution in [0.1, 0.15) is 22.2 Å². The summed E-state index contributed by atoms with van der Waals surface area (Å²) in [4.78, 5) is 13.5. The maximum atomic E-state index is 12.9. The van der Waals surface area contributed by atoms with E-state index in [0.29, 0.717) is 17.3 Å². The number of Topliss-reactive ketones (excluding diaryl/α,β-unsaturated/α-hetero) is 1. The second-order valence-electron chi connectivity index (χ2n) is 4.83. The highest BCUT2D eigenvalue weighted by Gasteiger charge is 2.20. The molecule has 3 rings (SSSR count). The number of thioether (sulfide) groups is 1. The summed E-state index contributed by atoms with van der Waals surface area (Å²) >= 11 is 2.92. The maximum Gasteiger partial charge on any atom is 0.210 e. The molecule has 3 aromatic rings. The number of rotatable bonds is 6. The van der Waals surface area contributed by atoms with Gasteiger partial charge in [0, 0.05) is 10.4 Å². The molecule has 118 valence electrons. The number of tetrazole rings is 1. The van der Waals surface area contributed by atoms with E-state index in [9.17, 15) is 9.18 Å². The van der Waals surface area contributed by atoms with Gasteiger partial charge in [0.25, 0.3) is 0 Å². The van der Waals surface area contributed by atoms with Gasteiger partial charge in [-0.15, -0.1) is 16.4 Å². The lowest BCUT2D eigenvalue weighted by Crippen LogP contribution is -2.15. The molecular formula is C15H13FN4OS2. The highest BCUT2D eigenvalue weighted by molar-refractivity contribution is 8.00. The molecule has 0 spiro atoms. The summed E-state index contributed by atoms with van der Waals surface area (Å²) in [6.45, 7) is 2.37. The van der Waals surface area contributed by atoms with Gasteiger partial charge in [0.05, 0.1) is 11.8 Å². The molecule has 8 heteroatoms. The van der Waals surface area contributed by atoms with Crippen molar-refractivity contribution in [2.75, 3.05) is 0 Å². The first-order chi connectivity index (χ1) is 11.1. The lowest BCUT2D eigenvalue weighted by molar-refractivity contribution is 0.0994. The number of carbonyl (C=O) groups excluding carboxylic acids is 1. The van der Waals surface area contributed by atoms with E-state index in [1.54, 1.807) is 22.9 Å². The molecule has 0 radical (unpaired) electrons. The highest BCUT2D eigenvalue weighted by Crippen LogP contribution is 2.24. The molecule has 0 aliphatic heterocycles. The average Bonchev–Trinajstić information content (AvgIpc) is 3.20. The fraction of sp³-hybridized carbons (Fsp3) is 0.200. The number of nitrogens with zero attached hydrogens (tertiary/aromatic N) is 4. The number of benzene rings is 1. The second-order valence-corrected chi connectivity index (χ2v) is 7.17. The number of halogens is 1. The van der Waals surface area contributed by atoms with Crippen molar-refractivity contribution in [1.29, 1.82) is 0 Å². The van der Waals surface area contributed by atoms with Gasteiger partial charge in [0.2, 0.25) is 5.16 Å². The van der Waals surface area contributed by atoms with Gasteiger partial charge in [-0.25, -0.2) is 9.07 Å². The number of hydrogen-bond donors (Lipinski definition) is 0. The van der Waals surface area contributed by atoms with Crippen LogP contribution in [-0.2, 0) is 6.54 Å². The Bertz CT molecular complexity index is 786. The Hall–Kier alpha value is -2.06. The number of thiophene rings is 1. The van der Waals surface area contributed by atoms with Gasteiger partial charge in [0.15, 0.2) is 5.78 Å². The Balaban J connectivity index is 1.70. The Kier molecular flexibility index (Phi) is 4.82. The molecular weight excluding hydrogens is 335 g/mol. The number of aromatic nitrogens is 4. The lowest BCUT2D eigenvalue weighted by Gasteiger charge is -2.09. The van der Waals surface area contributed by atoms with Gasteiger partial charge in [-0.1, -0.05) is 17.8 Å². The van der Waals surface area contributed by atoms with E-state index in [1.807, 2.05) is 17.5 Å². The molecule has 23 heavy (non-hydrogen) atoms. The quantitative estimate of drug-likeness (QED) is 0.505. The zero-order chi connectivity index (χ0) is 16.2. The molecule has 0 fully saturated rings. The number of carbonyl (C=O) groups is 1. The molecule has 2 aromatic heterocycles. The van der Waals surface area contributed by atoms with Crippen LogP contribution in [0, 0.1) is 5.82 Å².